The fourth-order valence-electron chi connectivity index (χ4n) is 2.84. The van der Waals surface area contributed by atoms with Crippen molar-refractivity contribution in [3.8, 4) is 0 Å². The molecule has 96 valence electrons. The van der Waals surface area contributed by atoms with E-state index in [2.05, 4.69) is 4.74 Å². The van der Waals surface area contributed by atoms with E-state index in [-0.39, 0.29) is 23.1 Å². The number of ether oxygens (including phenoxy) is 1. The van der Waals surface area contributed by atoms with Crippen molar-refractivity contribution in [1.29, 1.82) is 0 Å². The van der Waals surface area contributed by atoms with Crippen molar-refractivity contribution in [3.05, 3.63) is 46.5 Å². The van der Waals surface area contributed by atoms with Crippen LogP contribution in [0.25, 0.3) is 10.8 Å². The highest BCUT2D eigenvalue weighted by atomic mass is 16.6. The highest BCUT2D eigenvalue weighted by Crippen LogP contribution is 2.36. The van der Waals surface area contributed by atoms with Crippen molar-refractivity contribution < 1.29 is 23.9 Å². The first kappa shape index (κ1) is 11.0. The first-order valence-corrected chi connectivity index (χ1v) is 6.00. The van der Waals surface area contributed by atoms with E-state index in [1.807, 2.05) is 0 Å². The normalized spacial score (nSPS) is 16.6. The Balaban J connectivity index is 2.25. The lowest BCUT2D eigenvalue weighted by Crippen LogP contribution is -2.26. The SMILES string of the molecule is O=C1Cc2ccc3c4c(ccc(c24)C1=O)C(=O)OC3=O. The summed E-state index contributed by atoms with van der Waals surface area (Å²) in [4.78, 5) is 47.1. The van der Waals surface area contributed by atoms with E-state index in [0.717, 1.165) is 0 Å². The molecule has 0 aromatic heterocycles. The van der Waals surface area contributed by atoms with Gasteiger partial charge in [0.2, 0.25) is 11.6 Å². The van der Waals surface area contributed by atoms with Gasteiger partial charge in [-0.2, -0.15) is 0 Å². The maximum Gasteiger partial charge on any atom is 0.346 e. The molecule has 0 N–H and O–H groups in total. The molecule has 0 unspecified atom stereocenters. The van der Waals surface area contributed by atoms with Crippen LogP contribution < -0.4 is 0 Å². The molecule has 1 aliphatic heterocycles. The van der Waals surface area contributed by atoms with Crippen LogP contribution in [0.5, 0.6) is 0 Å². The van der Waals surface area contributed by atoms with Gasteiger partial charge in [-0.25, -0.2) is 9.59 Å². The smallest absolute Gasteiger partial charge is 0.346 e. The Morgan fingerprint density at radius 1 is 0.750 bits per heavy atom. The minimum Gasteiger partial charge on any atom is -0.386 e. The van der Waals surface area contributed by atoms with Crippen molar-refractivity contribution in [2.45, 2.75) is 6.42 Å². The van der Waals surface area contributed by atoms with Crippen LogP contribution >= 0.6 is 0 Å². The van der Waals surface area contributed by atoms with Gasteiger partial charge in [-0.1, -0.05) is 6.07 Å². The molecule has 0 atom stereocenters. The van der Waals surface area contributed by atoms with Crippen molar-refractivity contribution in [2.24, 2.45) is 0 Å². The third kappa shape index (κ3) is 1.17. The van der Waals surface area contributed by atoms with Gasteiger partial charge in [-0.05, 0) is 29.1 Å². The summed E-state index contributed by atoms with van der Waals surface area (Å²) in [5.74, 6) is -2.51. The second-order valence-electron chi connectivity index (χ2n) is 4.79. The third-order valence-electron chi connectivity index (χ3n) is 3.72. The first-order chi connectivity index (χ1) is 9.58. The van der Waals surface area contributed by atoms with Gasteiger partial charge in [0.25, 0.3) is 0 Å². The van der Waals surface area contributed by atoms with Crippen LogP contribution in [0.2, 0.25) is 0 Å². The zero-order valence-electron chi connectivity index (χ0n) is 10.1. The van der Waals surface area contributed by atoms with Crippen molar-refractivity contribution in [2.75, 3.05) is 0 Å². The van der Waals surface area contributed by atoms with Crippen LogP contribution in [0.15, 0.2) is 24.3 Å². The Bertz CT molecular complexity index is 855. The minimum atomic E-state index is -0.726. The molecule has 5 nitrogen and oxygen atoms in total. The van der Waals surface area contributed by atoms with Gasteiger partial charge in [0.15, 0.2) is 0 Å². The van der Waals surface area contributed by atoms with E-state index in [1.54, 1.807) is 6.07 Å². The second-order valence-corrected chi connectivity index (χ2v) is 4.79. The molecule has 1 aliphatic carbocycles. The molecule has 0 saturated carbocycles. The summed E-state index contributed by atoms with van der Waals surface area (Å²) in [5, 5.41) is 0.941. The fraction of sp³-hybridized carbons (Fsp3) is 0.0667. The molecule has 20 heavy (non-hydrogen) atoms. The fourth-order valence-corrected chi connectivity index (χ4v) is 2.84. The number of rotatable bonds is 0. The molecule has 0 spiro atoms. The minimum absolute atomic E-state index is 0.00466. The topological polar surface area (TPSA) is 77.5 Å². The number of esters is 2. The predicted octanol–water partition coefficient (Wildman–Crippen LogP) is 1.46. The summed E-state index contributed by atoms with van der Waals surface area (Å²) in [6.45, 7) is 0. The van der Waals surface area contributed by atoms with E-state index in [0.29, 0.717) is 16.3 Å². The Kier molecular flexibility index (Phi) is 1.87. The molecule has 1 heterocycles. The third-order valence-corrected chi connectivity index (χ3v) is 3.72. The molecule has 0 fully saturated rings. The van der Waals surface area contributed by atoms with Crippen LogP contribution in [-0.4, -0.2) is 23.5 Å². The Morgan fingerprint density at radius 2 is 1.35 bits per heavy atom. The summed E-state index contributed by atoms with van der Waals surface area (Å²) in [6, 6.07) is 6.03. The van der Waals surface area contributed by atoms with E-state index < -0.39 is 23.5 Å². The lowest BCUT2D eigenvalue weighted by atomic mass is 9.83. The highest BCUT2D eigenvalue weighted by molar-refractivity contribution is 6.48. The first-order valence-electron chi connectivity index (χ1n) is 6.00. The molecule has 0 radical (unpaired) electrons. The molecule has 2 aromatic carbocycles. The average molecular weight is 266 g/mol. The summed E-state index contributed by atoms with van der Waals surface area (Å²) in [5.41, 5.74) is 1.41. The zero-order chi connectivity index (χ0) is 14.0. The predicted molar refractivity (Wildman–Crippen MR) is 66.7 cm³/mol. The van der Waals surface area contributed by atoms with Gasteiger partial charge in [-0.3, -0.25) is 9.59 Å². The summed E-state index contributed by atoms with van der Waals surface area (Å²) in [7, 11) is 0. The van der Waals surface area contributed by atoms with Crippen molar-refractivity contribution >= 4 is 34.3 Å². The highest BCUT2D eigenvalue weighted by Gasteiger charge is 2.34. The molecule has 4 rings (SSSR count). The van der Waals surface area contributed by atoms with Crippen molar-refractivity contribution in [1.82, 2.24) is 0 Å². The van der Waals surface area contributed by atoms with Gasteiger partial charge < -0.3 is 4.74 Å². The Labute approximate surface area is 112 Å². The van der Waals surface area contributed by atoms with E-state index in [4.69, 9.17) is 0 Å². The zero-order valence-corrected chi connectivity index (χ0v) is 10.1. The number of ketones is 2. The van der Waals surface area contributed by atoms with Crippen LogP contribution in [-0.2, 0) is 16.0 Å². The molecule has 0 saturated heterocycles. The quantitative estimate of drug-likeness (QED) is 0.410. The molecule has 2 aromatic rings. The number of carbonyl (C=O) groups is 4. The van der Waals surface area contributed by atoms with E-state index in [9.17, 15) is 19.2 Å². The van der Waals surface area contributed by atoms with Crippen LogP contribution in [0.1, 0.15) is 36.6 Å². The van der Waals surface area contributed by atoms with Gasteiger partial charge in [0, 0.05) is 17.4 Å². The molecule has 2 aliphatic rings. The van der Waals surface area contributed by atoms with E-state index >= 15 is 0 Å². The molecular weight excluding hydrogens is 260 g/mol. The lowest BCUT2D eigenvalue weighted by Gasteiger charge is -2.21. The molecule has 0 amide bonds. The molecular formula is C15H6O5. The van der Waals surface area contributed by atoms with Crippen LogP contribution in [0.4, 0.5) is 0 Å². The van der Waals surface area contributed by atoms with Crippen LogP contribution in [0, 0.1) is 0 Å². The maximum absolute atomic E-state index is 11.9. The number of Topliss-reactive ketones (excluding diaryl/α,β-unsaturated/α-hetero) is 2. The Hall–Kier alpha value is -2.82. The number of hydrogen-bond acceptors (Lipinski definition) is 5. The van der Waals surface area contributed by atoms with Gasteiger partial charge in [0.1, 0.15) is 0 Å². The Morgan fingerprint density at radius 3 is 2.05 bits per heavy atom. The van der Waals surface area contributed by atoms with Gasteiger partial charge >= 0.3 is 11.9 Å². The summed E-state index contributed by atoms with van der Waals surface area (Å²) >= 11 is 0. The number of cyclic esters (lactones) is 2. The lowest BCUT2D eigenvalue weighted by molar-refractivity contribution is -0.114. The van der Waals surface area contributed by atoms with Gasteiger partial charge in [0.05, 0.1) is 11.1 Å². The number of carbonyl (C=O) groups excluding carboxylic acids is 4. The summed E-state index contributed by atoms with van der Waals surface area (Å²) in [6.07, 6.45) is -0.00466. The largest absolute Gasteiger partial charge is 0.386 e. The van der Waals surface area contributed by atoms with Gasteiger partial charge in [-0.15, -0.1) is 0 Å². The number of hydrogen-bond donors (Lipinski definition) is 0. The van der Waals surface area contributed by atoms with Crippen LogP contribution in [0.3, 0.4) is 0 Å². The second kappa shape index (κ2) is 3.39. The maximum atomic E-state index is 11.9. The number of benzene rings is 2. The molecule has 5 heteroatoms. The monoisotopic (exact) mass is 266 g/mol. The standard InChI is InChI=1S/C15H6O5/c16-10-5-6-1-2-8-12-9(15(19)20-14(8)18)4-3-7(11(6)12)13(10)17/h1-4H,5H2. The summed E-state index contributed by atoms with van der Waals surface area (Å²) < 4.78 is 4.65. The van der Waals surface area contributed by atoms with Crippen molar-refractivity contribution in [3.63, 3.8) is 0 Å². The molecule has 0 bridgehead atoms. The van der Waals surface area contributed by atoms with E-state index in [1.165, 1.54) is 18.2 Å². The average Bonchev–Trinajstić information content (AvgIpc) is 2.43.